The maximum atomic E-state index is 12.2. The molecule has 0 unspecified atom stereocenters. The number of anilines is 1. The number of hydrogen-bond acceptors (Lipinski definition) is 5. The van der Waals surface area contributed by atoms with E-state index in [1.54, 1.807) is 0 Å². The van der Waals surface area contributed by atoms with Crippen LogP contribution in [0.1, 0.15) is 9.67 Å². The highest BCUT2D eigenvalue weighted by Gasteiger charge is 2.16. The number of carbonyl (C=O) groups is 1. The van der Waals surface area contributed by atoms with Gasteiger partial charge in [0.25, 0.3) is 5.91 Å². The predicted molar refractivity (Wildman–Crippen MR) is 76.1 cm³/mol. The highest BCUT2D eigenvalue weighted by atomic mass is 32.1. The van der Waals surface area contributed by atoms with Gasteiger partial charge < -0.3 is 10.5 Å². The number of hydrazine groups is 1. The van der Waals surface area contributed by atoms with Gasteiger partial charge in [0.1, 0.15) is 0 Å². The fourth-order valence-electron chi connectivity index (χ4n) is 2.05. The zero-order chi connectivity index (χ0) is 13.2. The predicted octanol–water partition coefficient (Wildman–Crippen LogP) is 1.46. The number of nitrogens with zero attached hydrogens (tertiary/aromatic N) is 1. The summed E-state index contributed by atoms with van der Waals surface area (Å²) in [6.07, 6.45) is 0. The summed E-state index contributed by atoms with van der Waals surface area (Å²) >= 11 is 1.48. The minimum atomic E-state index is -0.0679. The molecule has 1 saturated heterocycles. The van der Waals surface area contributed by atoms with E-state index in [0.717, 1.165) is 23.2 Å². The smallest absolute Gasteiger partial charge is 0.275 e. The van der Waals surface area contributed by atoms with Crippen LogP contribution >= 0.6 is 11.3 Å². The number of carbonyl (C=O) groups excluding carboxylic acids is 1. The summed E-state index contributed by atoms with van der Waals surface area (Å²) in [7, 11) is 0. The molecule has 100 valence electrons. The van der Waals surface area contributed by atoms with E-state index in [2.05, 4.69) is 5.43 Å². The maximum absolute atomic E-state index is 12.2. The van der Waals surface area contributed by atoms with Crippen LogP contribution in [0.4, 0.5) is 5.69 Å². The molecule has 1 aliphatic rings. The van der Waals surface area contributed by atoms with Gasteiger partial charge in [0.2, 0.25) is 0 Å². The normalized spacial score (nSPS) is 16.6. The lowest BCUT2D eigenvalue weighted by atomic mass is 10.2. The Morgan fingerprint density at radius 2 is 2.11 bits per heavy atom. The fourth-order valence-corrected chi connectivity index (χ4v) is 2.98. The Morgan fingerprint density at radius 1 is 1.32 bits per heavy atom. The lowest BCUT2D eigenvalue weighted by molar-refractivity contribution is 0.0127. The third kappa shape index (κ3) is 2.70. The van der Waals surface area contributed by atoms with Crippen LogP contribution in [0.15, 0.2) is 24.3 Å². The van der Waals surface area contributed by atoms with Gasteiger partial charge in [0.05, 0.1) is 18.1 Å². The second kappa shape index (κ2) is 5.16. The summed E-state index contributed by atoms with van der Waals surface area (Å²) in [4.78, 5) is 12.9. The van der Waals surface area contributed by atoms with Crippen molar-refractivity contribution in [3.63, 3.8) is 0 Å². The molecular formula is C13H15N3O2S. The summed E-state index contributed by atoms with van der Waals surface area (Å²) in [6, 6.07) is 7.56. The molecular weight excluding hydrogens is 262 g/mol. The number of hydrogen-bond donors (Lipinski definition) is 2. The van der Waals surface area contributed by atoms with Crippen molar-refractivity contribution in [3.8, 4) is 0 Å². The Balaban J connectivity index is 1.77. The van der Waals surface area contributed by atoms with Crippen molar-refractivity contribution in [2.75, 3.05) is 32.0 Å². The zero-order valence-corrected chi connectivity index (χ0v) is 11.2. The van der Waals surface area contributed by atoms with Crippen LogP contribution in [0, 0.1) is 0 Å². The van der Waals surface area contributed by atoms with Crippen molar-refractivity contribution in [2.45, 2.75) is 0 Å². The number of nitrogens with one attached hydrogen (secondary N) is 1. The number of nitrogen functional groups attached to an aromatic ring is 1. The SMILES string of the molecule is Nc1ccc2sc(C(=O)NN3CCOCC3)cc2c1. The van der Waals surface area contributed by atoms with Crippen LogP contribution in [0.2, 0.25) is 0 Å². The molecule has 19 heavy (non-hydrogen) atoms. The van der Waals surface area contributed by atoms with E-state index in [9.17, 15) is 4.79 Å². The lowest BCUT2D eigenvalue weighted by Crippen LogP contribution is -2.48. The zero-order valence-electron chi connectivity index (χ0n) is 10.4. The highest BCUT2D eigenvalue weighted by molar-refractivity contribution is 7.20. The van der Waals surface area contributed by atoms with E-state index in [-0.39, 0.29) is 5.91 Å². The third-order valence-electron chi connectivity index (χ3n) is 3.03. The first-order valence-electron chi connectivity index (χ1n) is 6.15. The molecule has 1 fully saturated rings. The van der Waals surface area contributed by atoms with E-state index in [1.165, 1.54) is 11.3 Å². The van der Waals surface area contributed by atoms with Crippen LogP contribution in [-0.2, 0) is 4.74 Å². The fraction of sp³-hybridized carbons (Fsp3) is 0.308. The third-order valence-corrected chi connectivity index (χ3v) is 4.15. The number of thiophene rings is 1. The number of amides is 1. The Labute approximate surface area is 114 Å². The second-order valence-electron chi connectivity index (χ2n) is 4.45. The molecule has 0 radical (unpaired) electrons. The van der Waals surface area contributed by atoms with Crippen molar-refractivity contribution in [1.29, 1.82) is 0 Å². The summed E-state index contributed by atoms with van der Waals surface area (Å²) in [5.74, 6) is -0.0679. The summed E-state index contributed by atoms with van der Waals surface area (Å²) < 4.78 is 6.31. The van der Waals surface area contributed by atoms with Gasteiger partial charge in [-0.25, -0.2) is 5.01 Å². The van der Waals surface area contributed by atoms with Gasteiger partial charge in [-0.2, -0.15) is 0 Å². The molecule has 1 aromatic heterocycles. The Hall–Kier alpha value is -1.63. The Bertz CT molecular complexity index is 605. The average molecular weight is 277 g/mol. The van der Waals surface area contributed by atoms with Crippen LogP contribution < -0.4 is 11.2 Å². The van der Waals surface area contributed by atoms with Gasteiger partial charge in [0, 0.05) is 23.5 Å². The molecule has 1 aliphatic heterocycles. The van der Waals surface area contributed by atoms with Gasteiger partial charge >= 0.3 is 0 Å². The first kappa shape index (κ1) is 12.4. The Morgan fingerprint density at radius 3 is 2.89 bits per heavy atom. The topological polar surface area (TPSA) is 67.6 Å². The lowest BCUT2D eigenvalue weighted by Gasteiger charge is -2.26. The summed E-state index contributed by atoms with van der Waals surface area (Å²) in [6.45, 7) is 2.76. The number of rotatable bonds is 2. The molecule has 0 atom stereocenters. The van der Waals surface area contributed by atoms with E-state index in [1.807, 2.05) is 29.3 Å². The molecule has 0 saturated carbocycles. The maximum Gasteiger partial charge on any atom is 0.275 e. The van der Waals surface area contributed by atoms with Gasteiger partial charge in [-0.3, -0.25) is 10.2 Å². The van der Waals surface area contributed by atoms with Crippen LogP contribution in [0.5, 0.6) is 0 Å². The van der Waals surface area contributed by atoms with E-state index < -0.39 is 0 Å². The molecule has 0 spiro atoms. The Kier molecular flexibility index (Phi) is 3.37. The molecule has 0 aliphatic carbocycles. The number of fused-ring (bicyclic) bond motifs is 1. The first-order chi connectivity index (χ1) is 9.22. The molecule has 6 heteroatoms. The first-order valence-corrected chi connectivity index (χ1v) is 6.97. The molecule has 1 amide bonds. The van der Waals surface area contributed by atoms with Crippen molar-refractivity contribution in [1.82, 2.24) is 10.4 Å². The van der Waals surface area contributed by atoms with Crippen LogP contribution in [0.25, 0.3) is 10.1 Å². The van der Waals surface area contributed by atoms with Crippen molar-refractivity contribution in [3.05, 3.63) is 29.1 Å². The van der Waals surface area contributed by atoms with Gasteiger partial charge in [-0.1, -0.05) is 0 Å². The standard InChI is InChI=1S/C13H15N3O2S/c14-10-1-2-11-9(7-10)8-12(19-11)13(17)15-16-3-5-18-6-4-16/h1-2,7-8H,3-6,14H2,(H,15,17). The molecule has 0 bridgehead atoms. The van der Waals surface area contributed by atoms with E-state index in [0.29, 0.717) is 23.8 Å². The van der Waals surface area contributed by atoms with Crippen molar-refractivity contribution >= 4 is 33.0 Å². The highest BCUT2D eigenvalue weighted by Crippen LogP contribution is 2.27. The molecule has 1 aromatic carbocycles. The largest absolute Gasteiger partial charge is 0.399 e. The second-order valence-corrected chi connectivity index (χ2v) is 5.53. The van der Waals surface area contributed by atoms with Gasteiger partial charge in [-0.15, -0.1) is 11.3 Å². The van der Waals surface area contributed by atoms with Crippen molar-refractivity contribution < 1.29 is 9.53 Å². The van der Waals surface area contributed by atoms with Crippen molar-refractivity contribution in [2.24, 2.45) is 0 Å². The minimum absolute atomic E-state index is 0.0679. The quantitative estimate of drug-likeness (QED) is 0.816. The van der Waals surface area contributed by atoms with Gasteiger partial charge in [-0.05, 0) is 29.7 Å². The summed E-state index contributed by atoms with van der Waals surface area (Å²) in [5, 5.41) is 2.90. The molecule has 2 aromatic rings. The molecule has 2 heterocycles. The van der Waals surface area contributed by atoms with Crippen LogP contribution in [-0.4, -0.2) is 37.2 Å². The molecule has 3 rings (SSSR count). The monoisotopic (exact) mass is 277 g/mol. The van der Waals surface area contributed by atoms with Gasteiger partial charge in [0.15, 0.2) is 0 Å². The average Bonchev–Trinajstić information content (AvgIpc) is 2.83. The number of benzene rings is 1. The minimum Gasteiger partial charge on any atom is -0.399 e. The van der Waals surface area contributed by atoms with Crippen LogP contribution in [0.3, 0.4) is 0 Å². The number of morpholine rings is 1. The van der Waals surface area contributed by atoms with E-state index in [4.69, 9.17) is 10.5 Å². The molecule has 3 N–H and O–H groups in total. The molecule has 5 nitrogen and oxygen atoms in total. The number of ether oxygens (including phenoxy) is 1. The number of nitrogens with two attached hydrogens (primary N) is 1. The van der Waals surface area contributed by atoms with E-state index >= 15 is 0 Å². The summed E-state index contributed by atoms with van der Waals surface area (Å²) in [5.41, 5.74) is 9.36.